The van der Waals surface area contributed by atoms with Crippen LogP contribution in [0.3, 0.4) is 0 Å². The lowest BCUT2D eigenvalue weighted by atomic mass is 9.93. The van der Waals surface area contributed by atoms with Crippen LogP contribution in [0, 0.1) is 17.0 Å². The Balaban J connectivity index is 0.00000277. The third kappa shape index (κ3) is 3.61. The zero-order valence-corrected chi connectivity index (χ0v) is 21.8. The summed E-state index contributed by atoms with van der Waals surface area (Å²) in [6, 6.07) is 14.2. The van der Waals surface area contributed by atoms with Crippen LogP contribution in [0.4, 0.5) is 5.69 Å². The smallest absolute Gasteiger partial charge is 0.343 e. The second-order valence-corrected chi connectivity index (χ2v) is 9.43. The summed E-state index contributed by atoms with van der Waals surface area (Å²) in [6.07, 6.45) is 2.79. The number of ether oxygens (including phenoxy) is 4. The molecule has 0 saturated heterocycles. The molecule has 5 aromatic rings. The molecule has 196 valence electrons. The van der Waals surface area contributed by atoms with Gasteiger partial charge in [-0.25, -0.2) is 4.79 Å². The lowest BCUT2D eigenvalue weighted by molar-refractivity contribution is -0.670. The molecule has 39 heavy (non-hydrogen) atoms. The van der Waals surface area contributed by atoms with E-state index < -0.39 is 10.9 Å². The molecule has 0 amide bonds. The Hall–Kier alpha value is -4.63. The molecule has 0 fully saturated rings. The average molecular weight is 546 g/mol. The molecule has 1 aromatic heterocycles. The zero-order chi connectivity index (χ0) is 26.1. The van der Waals surface area contributed by atoms with Crippen LogP contribution in [0.25, 0.3) is 32.4 Å². The molecule has 0 bridgehead atoms. The van der Waals surface area contributed by atoms with Crippen LogP contribution >= 0.6 is 12.4 Å². The van der Waals surface area contributed by atoms with Crippen LogP contribution in [-0.2, 0) is 13.0 Å². The van der Waals surface area contributed by atoms with E-state index in [0.29, 0.717) is 16.7 Å². The van der Waals surface area contributed by atoms with E-state index in [2.05, 4.69) is 16.7 Å². The summed E-state index contributed by atoms with van der Waals surface area (Å²) in [5.74, 6) is 1.49. The summed E-state index contributed by atoms with van der Waals surface area (Å²) in [6.45, 7) is 2.56. The second kappa shape index (κ2) is 8.99. The van der Waals surface area contributed by atoms with E-state index in [1.165, 1.54) is 30.9 Å². The predicted molar refractivity (Wildman–Crippen MR) is 146 cm³/mol. The van der Waals surface area contributed by atoms with Gasteiger partial charge in [0.1, 0.15) is 0 Å². The van der Waals surface area contributed by atoms with Gasteiger partial charge in [0.05, 0.1) is 33.8 Å². The minimum atomic E-state index is -0.703. The summed E-state index contributed by atoms with van der Waals surface area (Å²) in [5.41, 5.74) is 2.69. The Morgan fingerprint density at radius 1 is 1.03 bits per heavy atom. The van der Waals surface area contributed by atoms with Crippen LogP contribution in [0.15, 0.2) is 54.7 Å². The van der Waals surface area contributed by atoms with Crippen LogP contribution in [0.5, 0.6) is 23.0 Å². The van der Waals surface area contributed by atoms with Gasteiger partial charge in [-0.1, -0.05) is 6.07 Å². The topological polar surface area (TPSA) is 101 Å². The van der Waals surface area contributed by atoms with Crippen molar-refractivity contribution in [3.8, 4) is 23.0 Å². The minimum Gasteiger partial charge on any atom is -0.493 e. The standard InChI is InChI=1S/C29H21N2O7.ClH/c1-15-3-4-17(11-22(15)31(33)34)29(32)38-28-21-13-30-10-9-16-12-24-27(37-14-36-24)20-6-5-19(26(30)25(16)20)18(21)7-8-23(28)35-2;/h3-8,11-13H,9-10,14H2,1-2H3;1H/q+1;. The number of aryl methyl sites for hydroxylation is 3. The monoisotopic (exact) mass is 545 g/mol. The van der Waals surface area contributed by atoms with Gasteiger partial charge < -0.3 is 18.9 Å². The average Bonchev–Trinajstić information content (AvgIpc) is 3.40. The number of methoxy groups -OCH3 is 1. The van der Waals surface area contributed by atoms with E-state index in [0.717, 1.165) is 51.5 Å². The zero-order valence-electron chi connectivity index (χ0n) is 21.0. The fourth-order valence-electron chi connectivity index (χ4n) is 5.59. The number of fused-ring (bicyclic) bond motifs is 4. The summed E-state index contributed by atoms with van der Waals surface area (Å²) < 4.78 is 25.1. The van der Waals surface area contributed by atoms with Gasteiger partial charge in [0.25, 0.3) is 5.69 Å². The van der Waals surface area contributed by atoms with Gasteiger partial charge in [0.2, 0.25) is 12.3 Å². The summed E-state index contributed by atoms with van der Waals surface area (Å²) >= 11 is 0. The molecule has 10 heteroatoms. The largest absolute Gasteiger partial charge is 0.493 e. The van der Waals surface area contributed by atoms with Crippen LogP contribution < -0.4 is 23.5 Å². The molecular formula is C29H22ClN2O7+. The van der Waals surface area contributed by atoms with Gasteiger partial charge in [-0.05, 0) is 48.9 Å². The maximum absolute atomic E-state index is 13.2. The molecule has 0 saturated carbocycles. The molecule has 0 aliphatic carbocycles. The Kier molecular flexibility index (Phi) is 5.69. The number of esters is 1. The number of rotatable bonds is 4. The van der Waals surface area contributed by atoms with Crippen molar-refractivity contribution in [3.05, 3.63) is 81.5 Å². The maximum Gasteiger partial charge on any atom is 0.343 e. The molecule has 0 atom stereocenters. The highest BCUT2D eigenvalue weighted by molar-refractivity contribution is 6.17. The van der Waals surface area contributed by atoms with Gasteiger partial charge in [-0.2, -0.15) is 4.57 Å². The number of pyridine rings is 1. The Labute approximate surface area is 228 Å². The number of hydrogen-bond acceptors (Lipinski definition) is 7. The number of nitrogens with zero attached hydrogens (tertiary/aromatic N) is 2. The van der Waals surface area contributed by atoms with Crippen LogP contribution in [0.2, 0.25) is 0 Å². The van der Waals surface area contributed by atoms with Gasteiger partial charge in [0, 0.05) is 28.8 Å². The van der Waals surface area contributed by atoms with E-state index in [9.17, 15) is 14.9 Å². The number of aromatic nitrogens is 1. The number of benzene rings is 4. The van der Waals surface area contributed by atoms with Crippen molar-refractivity contribution in [2.24, 2.45) is 0 Å². The normalized spacial score (nSPS) is 13.1. The molecule has 0 unspecified atom stereocenters. The van der Waals surface area contributed by atoms with Crippen molar-refractivity contribution in [2.45, 2.75) is 19.9 Å². The summed E-state index contributed by atoms with van der Waals surface area (Å²) in [5, 5.41) is 16.1. The van der Waals surface area contributed by atoms with E-state index in [1.54, 1.807) is 13.0 Å². The Morgan fingerprint density at radius 3 is 2.62 bits per heavy atom. The van der Waals surface area contributed by atoms with Crippen molar-refractivity contribution in [1.29, 1.82) is 0 Å². The minimum absolute atomic E-state index is 0. The van der Waals surface area contributed by atoms with Crippen molar-refractivity contribution >= 4 is 56.5 Å². The van der Waals surface area contributed by atoms with Crippen molar-refractivity contribution in [2.75, 3.05) is 13.9 Å². The molecule has 0 spiro atoms. The number of nitro benzene ring substituents is 1. The Bertz CT molecular complexity index is 1890. The third-order valence-corrected chi connectivity index (χ3v) is 7.39. The maximum atomic E-state index is 13.2. The van der Waals surface area contributed by atoms with Gasteiger partial charge >= 0.3 is 5.97 Å². The number of carbonyl (C=O) groups is 1. The molecule has 2 aliphatic rings. The number of nitro groups is 1. The molecular weight excluding hydrogens is 524 g/mol. The van der Waals surface area contributed by atoms with Crippen molar-refractivity contribution in [1.82, 2.24) is 0 Å². The molecule has 0 N–H and O–H groups in total. The first-order chi connectivity index (χ1) is 18.4. The SMILES string of the molecule is COc1ccc2c(c[n+]3c4c2ccc2c5c(cc(c24)CC3)OCO5)c1OC(=O)c1ccc(C)c([N+](=O)[O-])c1.Cl. The first-order valence-electron chi connectivity index (χ1n) is 12.1. The van der Waals surface area contributed by atoms with Crippen molar-refractivity contribution in [3.63, 3.8) is 0 Å². The highest BCUT2D eigenvalue weighted by Gasteiger charge is 2.30. The fraction of sp³-hybridized carbons (Fsp3) is 0.172. The molecule has 4 aromatic carbocycles. The third-order valence-electron chi connectivity index (χ3n) is 7.39. The number of hydrogen-bond donors (Lipinski definition) is 0. The first-order valence-corrected chi connectivity index (χ1v) is 12.1. The molecule has 9 nitrogen and oxygen atoms in total. The van der Waals surface area contributed by atoms with E-state index in [-0.39, 0.29) is 36.2 Å². The fourth-order valence-corrected chi connectivity index (χ4v) is 5.59. The first kappa shape index (κ1) is 24.7. The van der Waals surface area contributed by atoms with E-state index in [1.807, 2.05) is 18.3 Å². The van der Waals surface area contributed by atoms with Crippen LogP contribution in [0.1, 0.15) is 21.5 Å². The highest BCUT2D eigenvalue weighted by atomic mass is 35.5. The van der Waals surface area contributed by atoms with E-state index >= 15 is 0 Å². The van der Waals surface area contributed by atoms with Crippen molar-refractivity contribution < 1.29 is 33.2 Å². The molecule has 0 radical (unpaired) electrons. The van der Waals surface area contributed by atoms with E-state index in [4.69, 9.17) is 18.9 Å². The highest BCUT2D eigenvalue weighted by Crippen LogP contribution is 2.46. The summed E-state index contributed by atoms with van der Waals surface area (Å²) in [7, 11) is 1.51. The predicted octanol–water partition coefficient (Wildman–Crippen LogP) is 5.58. The Morgan fingerprint density at radius 2 is 1.82 bits per heavy atom. The van der Waals surface area contributed by atoms with Gasteiger partial charge in [0.15, 0.2) is 35.7 Å². The molecule has 3 heterocycles. The van der Waals surface area contributed by atoms with Crippen LogP contribution in [-0.4, -0.2) is 24.8 Å². The van der Waals surface area contributed by atoms with Gasteiger partial charge in [-0.3, -0.25) is 10.1 Å². The lowest BCUT2D eigenvalue weighted by Crippen LogP contribution is -2.38. The number of halogens is 1. The summed E-state index contributed by atoms with van der Waals surface area (Å²) in [4.78, 5) is 24.1. The molecule has 2 aliphatic heterocycles. The number of carbonyl (C=O) groups excluding carboxylic acids is 1. The lowest BCUT2D eigenvalue weighted by Gasteiger charge is -2.18. The quantitative estimate of drug-likeness (QED) is 0.0725. The molecule has 7 rings (SSSR count). The van der Waals surface area contributed by atoms with Gasteiger partial charge in [-0.15, -0.1) is 12.4 Å². The second-order valence-electron chi connectivity index (χ2n) is 9.43.